The lowest BCUT2D eigenvalue weighted by Gasteiger charge is -2.42. The number of esters is 2. The Balaban J connectivity index is 1.85. The van der Waals surface area contributed by atoms with E-state index in [-0.39, 0.29) is 19.4 Å². The molecule has 2 aliphatic heterocycles. The largest absolute Gasteiger partial charge is 0.462 e. The van der Waals surface area contributed by atoms with Crippen LogP contribution in [0.5, 0.6) is 0 Å². The van der Waals surface area contributed by atoms with Crippen molar-refractivity contribution in [3.05, 3.63) is 36.5 Å². The molecule has 0 aromatic heterocycles. The van der Waals surface area contributed by atoms with Gasteiger partial charge in [-0.2, -0.15) is 0 Å². The number of aliphatic hydroxyl groups is 7. The first-order valence-corrected chi connectivity index (χ1v) is 24.6. The lowest BCUT2D eigenvalue weighted by molar-refractivity contribution is -0.332. The summed E-state index contributed by atoms with van der Waals surface area (Å²) in [7, 11) is 0. The van der Waals surface area contributed by atoms with Crippen LogP contribution in [0.1, 0.15) is 168 Å². The van der Waals surface area contributed by atoms with Crippen molar-refractivity contribution in [3.63, 3.8) is 0 Å². The van der Waals surface area contributed by atoms with Crippen LogP contribution in [0, 0.1) is 0 Å². The number of unbranched alkanes of at least 4 members (excludes halogenated alkanes) is 17. The summed E-state index contributed by atoms with van der Waals surface area (Å²) in [5.41, 5.74) is 0. The molecule has 372 valence electrons. The topological polar surface area (TPSA) is 231 Å². The van der Waals surface area contributed by atoms with E-state index >= 15 is 0 Å². The second kappa shape index (κ2) is 36.8. The summed E-state index contributed by atoms with van der Waals surface area (Å²) in [4.78, 5) is 25.7. The van der Waals surface area contributed by atoms with E-state index in [1.807, 2.05) is 0 Å². The van der Waals surface area contributed by atoms with Gasteiger partial charge in [0.1, 0.15) is 55.4 Å². The number of hydrogen-bond donors (Lipinski definition) is 7. The van der Waals surface area contributed by atoms with E-state index in [0.717, 1.165) is 70.6 Å². The number of allylic oxidation sites excluding steroid dienone is 6. The molecular weight excluding hydrogens is 829 g/mol. The van der Waals surface area contributed by atoms with Crippen LogP contribution in [-0.4, -0.2) is 142 Å². The number of aliphatic hydroxyl groups excluding tert-OH is 7. The third-order valence-corrected chi connectivity index (χ3v) is 11.6. The van der Waals surface area contributed by atoms with Gasteiger partial charge >= 0.3 is 11.9 Å². The molecule has 11 unspecified atom stereocenters. The van der Waals surface area contributed by atoms with Gasteiger partial charge in [0, 0.05) is 12.8 Å². The molecule has 64 heavy (non-hydrogen) atoms. The maximum absolute atomic E-state index is 13.0. The summed E-state index contributed by atoms with van der Waals surface area (Å²) < 4.78 is 33.5. The van der Waals surface area contributed by atoms with Crippen molar-refractivity contribution in [3.8, 4) is 0 Å². The number of carbonyl (C=O) groups is 2. The zero-order chi connectivity index (χ0) is 46.8. The molecule has 11 atom stereocenters. The molecule has 15 nitrogen and oxygen atoms in total. The van der Waals surface area contributed by atoms with E-state index in [1.165, 1.54) is 57.8 Å². The van der Waals surface area contributed by atoms with Gasteiger partial charge in [-0.05, 0) is 70.6 Å². The standard InChI is InChI=1S/C49H86O15/c1-3-5-7-9-11-13-15-17-18-20-22-24-26-28-30-32-41(52)62-37(34-59-40(51)31-29-27-25-23-21-19-16-14-12-10-8-6-4-2)35-60-48-47(58)45(56)43(54)39(64-48)36-61-49-46(57)44(55)42(53)38(33-50)63-49/h11,13,17-19,21,37-39,42-50,53-58H,3-10,12,14-16,20,22-36H2,1-2H3/b13-11-,18-17-,21-19-. The molecule has 0 aromatic carbocycles. The molecule has 0 bridgehead atoms. The van der Waals surface area contributed by atoms with Crippen molar-refractivity contribution in [2.75, 3.05) is 26.4 Å². The Morgan fingerprint density at radius 3 is 1.52 bits per heavy atom. The average molecular weight is 915 g/mol. The molecule has 2 saturated heterocycles. The van der Waals surface area contributed by atoms with Crippen LogP contribution in [0.3, 0.4) is 0 Å². The Kier molecular flexibility index (Phi) is 33.3. The zero-order valence-electron chi connectivity index (χ0n) is 39.0. The van der Waals surface area contributed by atoms with Crippen molar-refractivity contribution in [2.24, 2.45) is 0 Å². The van der Waals surface area contributed by atoms with Gasteiger partial charge in [-0.1, -0.05) is 121 Å². The molecule has 0 aliphatic carbocycles. The monoisotopic (exact) mass is 915 g/mol. The van der Waals surface area contributed by atoms with Gasteiger partial charge in [0.25, 0.3) is 0 Å². The van der Waals surface area contributed by atoms with Crippen molar-refractivity contribution < 1.29 is 73.8 Å². The minimum absolute atomic E-state index is 0.146. The SMILES string of the molecule is CCCCC/C=C\C/C=C\CCCCCCCC(=O)OC(COC(=O)CCCCC/C=C\CCCCCCCC)COC1OC(COC2OC(CO)C(O)C(O)C2O)C(O)C(O)C1O. The first-order chi connectivity index (χ1) is 31.0. The van der Waals surface area contributed by atoms with E-state index in [0.29, 0.717) is 12.8 Å². The second-order valence-electron chi connectivity index (χ2n) is 17.3. The molecule has 0 saturated carbocycles. The Hall–Kier alpha value is -2.28. The Morgan fingerprint density at radius 1 is 0.500 bits per heavy atom. The minimum atomic E-state index is -1.77. The van der Waals surface area contributed by atoms with Crippen molar-refractivity contribution in [1.82, 2.24) is 0 Å². The molecule has 2 fully saturated rings. The van der Waals surface area contributed by atoms with Crippen LogP contribution in [-0.2, 0) is 38.0 Å². The highest BCUT2D eigenvalue weighted by Crippen LogP contribution is 2.26. The molecule has 0 spiro atoms. The van der Waals surface area contributed by atoms with E-state index < -0.39 is 99.3 Å². The smallest absolute Gasteiger partial charge is 0.306 e. The number of carbonyl (C=O) groups excluding carboxylic acids is 2. The van der Waals surface area contributed by atoms with Gasteiger partial charge in [-0.3, -0.25) is 9.59 Å². The average Bonchev–Trinajstić information content (AvgIpc) is 3.29. The van der Waals surface area contributed by atoms with Crippen LogP contribution in [0.4, 0.5) is 0 Å². The lowest BCUT2D eigenvalue weighted by Crippen LogP contribution is -2.61. The van der Waals surface area contributed by atoms with Gasteiger partial charge in [-0.15, -0.1) is 0 Å². The number of ether oxygens (including phenoxy) is 6. The van der Waals surface area contributed by atoms with E-state index in [1.54, 1.807) is 0 Å². The molecular formula is C49H86O15. The summed E-state index contributed by atoms with van der Waals surface area (Å²) in [6.45, 7) is 2.51. The van der Waals surface area contributed by atoms with Gasteiger partial charge in [-0.25, -0.2) is 0 Å². The fraction of sp³-hybridized carbons (Fsp3) is 0.837. The molecule has 2 heterocycles. The van der Waals surface area contributed by atoms with E-state index in [2.05, 4.69) is 50.3 Å². The van der Waals surface area contributed by atoms with Crippen LogP contribution in [0.25, 0.3) is 0 Å². The Labute approximate surface area is 383 Å². The highest BCUT2D eigenvalue weighted by atomic mass is 16.7. The minimum Gasteiger partial charge on any atom is -0.462 e. The van der Waals surface area contributed by atoms with Gasteiger partial charge in [0.05, 0.1) is 19.8 Å². The molecule has 15 heteroatoms. The van der Waals surface area contributed by atoms with Crippen molar-refractivity contribution in [1.29, 1.82) is 0 Å². The summed E-state index contributed by atoms with van der Waals surface area (Å²) in [5.74, 6) is -0.961. The predicted molar refractivity (Wildman–Crippen MR) is 243 cm³/mol. The first kappa shape index (κ1) is 57.8. The summed E-state index contributed by atoms with van der Waals surface area (Å²) in [6, 6.07) is 0. The summed E-state index contributed by atoms with van der Waals surface area (Å²) >= 11 is 0. The second-order valence-corrected chi connectivity index (χ2v) is 17.3. The molecule has 7 N–H and O–H groups in total. The summed E-state index contributed by atoms with van der Waals surface area (Å²) in [6.07, 6.45) is 20.3. The van der Waals surface area contributed by atoms with Crippen LogP contribution in [0.2, 0.25) is 0 Å². The third kappa shape index (κ3) is 25.0. The predicted octanol–water partition coefficient (Wildman–Crippen LogP) is 6.15. The third-order valence-electron chi connectivity index (χ3n) is 11.6. The molecule has 0 radical (unpaired) electrons. The van der Waals surface area contributed by atoms with Crippen LogP contribution >= 0.6 is 0 Å². The Morgan fingerprint density at radius 2 is 0.938 bits per heavy atom. The number of hydrogen-bond acceptors (Lipinski definition) is 15. The molecule has 2 rings (SSSR count). The van der Waals surface area contributed by atoms with Gasteiger partial charge in [0.2, 0.25) is 0 Å². The van der Waals surface area contributed by atoms with E-state index in [4.69, 9.17) is 28.4 Å². The molecule has 0 amide bonds. The fourth-order valence-corrected chi connectivity index (χ4v) is 7.48. The summed E-state index contributed by atoms with van der Waals surface area (Å²) in [5, 5.41) is 72.0. The van der Waals surface area contributed by atoms with E-state index in [9.17, 15) is 45.3 Å². The van der Waals surface area contributed by atoms with Crippen molar-refractivity contribution >= 4 is 11.9 Å². The Bertz CT molecular complexity index is 1260. The fourth-order valence-electron chi connectivity index (χ4n) is 7.48. The molecule has 0 aromatic rings. The lowest BCUT2D eigenvalue weighted by atomic mass is 9.98. The first-order valence-electron chi connectivity index (χ1n) is 24.6. The van der Waals surface area contributed by atoms with Crippen molar-refractivity contribution in [2.45, 2.75) is 235 Å². The van der Waals surface area contributed by atoms with Gasteiger partial charge < -0.3 is 64.2 Å². The quantitative estimate of drug-likeness (QED) is 0.0211. The highest BCUT2D eigenvalue weighted by Gasteiger charge is 2.47. The van der Waals surface area contributed by atoms with Crippen LogP contribution in [0.15, 0.2) is 36.5 Å². The van der Waals surface area contributed by atoms with Crippen LogP contribution < -0.4 is 0 Å². The van der Waals surface area contributed by atoms with Gasteiger partial charge in [0.15, 0.2) is 18.7 Å². The maximum Gasteiger partial charge on any atom is 0.306 e. The maximum atomic E-state index is 13.0. The zero-order valence-corrected chi connectivity index (χ0v) is 39.0. The highest BCUT2D eigenvalue weighted by molar-refractivity contribution is 5.70. The molecule has 2 aliphatic rings. The number of rotatable bonds is 37. The normalized spacial score (nSPS) is 26.9.